The van der Waals surface area contributed by atoms with E-state index in [-0.39, 0.29) is 29.0 Å². The Bertz CT molecular complexity index is 414. The van der Waals surface area contributed by atoms with Crippen LogP contribution in [0.5, 0.6) is 0 Å². The normalized spacial score (nSPS) is 16.6. The average Bonchev–Trinajstić information content (AvgIpc) is 3.00. The van der Waals surface area contributed by atoms with Crippen LogP contribution in [-0.4, -0.2) is 11.9 Å². The van der Waals surface area contributed by atoms with E-state index in [4.69, 9.17) is 17.3 Å². The van der Waals surface area contributed by atoms with Crippen LogP contribution in [0.25, 0.3) is 0 Å². The highest BCUT2D eigenvalue weighted by Gasteiger charge is 2.25. The van der Waals surface area contributed by atoms with E-state index >= 15 is 0 Å². The molecule has 3 nitrogen and oxygen atoms in total. The summed E-state index contributed by atoms with van der Waals surface area (Å²) in [4.78, 5) is 11.5. The molecule has 1 atom stereocenters. The summed E-state index contributed by atoms with van der Waals surface area (Å²) < 4.78 is 13.5. The number of carbonyl (C=O) groups excluding carboxylic acids is 1. The summed E-state index contributed by atoms with van der Waals surface area (Å²) in [7, 11) is 0. The number of nitrogens with one attached hydrogen (secondary N) is 1. The molecule has 1 aliphatic rings. The molecule has 1 aliphatic carbocycles. The monoisotopic (exact) mass is 256 g/mol. The highest BCUT2D eigenvalue weighted by molar-refractivity contribution is 6.31. The molecule has 0 aliphatic heterocycles. The number of hydrogen-bond acceptors (Lipinski definition) is 2. The highest BCUT2D eigenvalue weighted by Crippen LogP contribution is 2.26. The van der Waals surface area contributed by atoms with Crippen LogP contribution in [0, 0.1) is 5.82 Å². The van der Waals surface area contributed by atoms with Gasteiger partial charge in [-0.2, -0.15) is 0 Å². The molecule has 92 valence electrons. The molecule has 0 spiro atoms. The summed E-state index contributed by atoms with van der Waals surface area (Å²) in [6.45, 7) is 0. The van der Waals surface area contributed by atoms with Gasteiger partial charge in [0.05, 0.1) is 0 Å². The maximum Gasteiger partial charge on any atom is 0.222 e. The van der Waals surface area contributed by atoms with Gasteiger partial charge in [-0.3, -0.25) is 4.79 Å². The van der Waals surface area contributed by atoms with Gasteiger partial charge in [-0.05, 0) is 25.0 Å². The van der Waals surface area contributed by atoms with Gasteiger partial charge in [0.25, 0.3) is 0 Å². The van der Waals surface area contributed by atoms with Gasteiger partial charge in [-0.25, -0.2) is 4.39 Å². The summed E-state index contributed by atoms with van der Waals surface area (Å²) in [6.07, 6.45) is 2.08. The number of carbonyl (C=O) groups is 1. The lowest BCUT2D eigenvalue weighted by Crippen LogP contribution is -2.29. The van der Waals surface area contributed by atoms with E-state index in [0.717, 1.165) is 12.8 Å². The molecule has 0 heterocycles. The van der Waals surface area contributed by atoms with Gasteiger partial charge in [0.2, 0.25) is 5.91 Å². The van der Waals surface area contributed by atoms with Crippen molar-refractivity contribution in [1.29, 1.82) is 0 Å². The number of hydrogen-bond donors (Lipinski definition) is 2. The fourth-order valence-electron chi connectivity index (χ4n) is 1.68. The third kappa shape index (κ3) is 3.17. The Morgan fingerprint density at radius 3 is 2.88 bits per heavy atom. The second-order valence-corrected chi connectivity index (χ2v) is 4.69. The molecule has 0 bridgehead atoms. The average molecular weight is 257 g/mol. The third-order valence-corrected chi connectivity index (χ3v) is 3.05. The molecule has 1 saturated carbocycles. The van der Waals surface area contributed by atoms with Crippen LogP contribution in [0.1, 0.15) is 30.9 Å². The molecule has 1 unspecified atom stereocenters. The molecule has 17 heavy (non-hydrogen) atoms. The van der Waals surface area contributed by atoms with E-state index in [9.17, 15) is 9.18 Å². The van der Waals surface area contributed by atoms with Crippen LogP contribution in [0.4, 0.5) is 4.39 Å². The van der Waals surface area contributed by atoms with Crippen molar-refractivity contribution in [3.05, 3.63) is 34.6 Å². The van der Waals surface area contributed by atoms with Crippen LogP contribution >= 0.6 is 11.6 Å². The van der Waals surface area contributed by atoms with Crippen LogP contribution < -0.4 is 11.1 Å². The van der Waals surface area contributed by atoms with E-state index in [1.54, 1.807) is 6.07 Å². The van der Waals surface area contributed by atoms with Gasteiger partial charge in [0.15, 0.2) is 0 Å². The summed E-state index contributed by atoms with van der Waals surface area (Å²) >= 11 is 5.87. The Balaban J connectivity index is 2.02. The Morgan fingerprint density at radius 1 is 1.59 bits per heavy atom. The zero-order chi connectivity index (χ0) is 12.4. The molecule has 5 heteroatoms. The van der Waals surface area contributed by atoms with Gasteiger partial charge >= 0.3 is 0 Å². The zero-order valence-electron chi connectivity index (χ0n) is 9.25. The second kappa shape index (κ2) is 5.02. The number of rotatable bonds is 4. The fraction of sp³-hybridized carbons (Fsp3) is 0.417. The van der Waals surface area contributed by atoms with Crippen LogP contribution in [0.15, 0.2) is 18.2 Å². The Kier molecular flexibility index (Phi) is 3.64. The highest BCUT2D eigenvalue weighted by atomic mass is 35.5. The summed E-state index contributed by atoms with van der Waals surface area (Å²) in [6, 6.07) is 3.95. The van der Waals surface area contributed by atoms with E-state index in [1.165, 1.54) is 12.1 Å². The maximum absolute atomic E-state index is 13.5. The Labute approximate surface area is 104 Å². The Hall–Kier alpha value is -1.13. The zero-order valence-corrected chi connectivity index (χ0v) is 10.0. The predicted molar refractivity (Wildman–Crippen MR) is 64.1 cm³/mol. The van der Waals surface area contributed by atoms with Gasteiger partial charge in [0, 0.05) is 29.1 Å². The maximum atomic E-state index is 13.5. The Morgan fingerprint density at radius 2 is 2.29 bits per heavy atom. The molecule has 1 aromatic rings. The lowest BCUT2D eigenvalue weighted by atomic mass is 10.0. The second-order valence-electron chi connectivity index (χ2n) is 4.29. The van der Waals surface area contributed by atoms with Crippen molar-refractivity contribution in [1.82, 2.24) is 5.32 Å². The lowest BCUT2D eigenvalue weighted by Gasteiger charge is -2.14. The SMILES string of the molecule is NC(CC(=O)NC1CC1)c1c(F)cccc1Cl. The largest absolute Gasteiger partial charge is 0.353 e. The molecule has 0 saturated heterocycles. The van der Waals surface area contributed by atoms with Crippen molar-refractivity contribution in [2.24, 2.45) is 5.73 Å². The summed E-state index contributed by atoms with van der Waals surface area (Å²) in [5.41, 5.74) is 6.02. The van der Waals surface area contributed by atoms with Gasteiger partial charge < -0.3 is 11.1 Å². The summed E-state index contributed by atoms with van der Waals surface area (Å²) in [5.74, 6) is -0.622. The molecule has 3 N–H and O–H groups in total. The smallest absolute Gasteiger partial charge is 0.222 e. The minimum Gasteiger partial charge on any atom is -0.353 e. The molecule has 1 amide bonds. The van der Waals surface area contributed by atoms with E-state index < -0.39 is 11.9 Å². The first-order valence-corrected chi connectivity index (χ1v) is 5.94. The van der Waals surface area contributed by atoms with Crippen LogP contribution in [-0.2, 0) is 4.79 Å². The number of halogens is 2. The van der Waals surface area contributed by atoms with Crippen LogP contribution in [0.2, 0.25) is 5.02 Å². The van der Waals surface area contributed by atoms with Gasteiger partial charge in [0.1, 0.15) is 5.82 Å². The first-order valence-electron chi connectivity index (χ1n) is 5.57. The van der Waals surface area contributed by atoms with Crippen molar-refractivity contribution >= 4 is 17.5 Å². The first kappa shape index (κ1) is 12.3. The molecule has 2 rings (SSSR count). The van der Waals surface area contributed by atoms with Crippen molar-refractivity contribution in [3.8, 4) is 0 Å². The number of benzene rings is 1. The minimum atomic E-state index is -0.706. The molecule has 0 radical (unpaired) electrons. The standard InChI is InChI=1S/C12H14ClFN2O/c13-8-2-1-3-9(14)12(8)10(15)6-11(17)16-7-4-5-7/h1-3,7,10H,4-6,15H2,(H,16,17). The molecule has 1 aromatic carbocycles. The molecule has 1 fully saturated rings. The van der Waals surface area contributed by atoms with E-state index in [2.05, 4.69) is 5.32 Å². The van der Waals surface area contributed by atoms with E-state index in [0.29, 0.717) is 0 Å². The number of amides is 1. The lowest BCUT2D eigenvalue weighted by molar-refractivity contribution is -0.121. The van der Waals surface area contributed by atoms with Crippen molar-refractivity contribution in [2.45, 2.75) is 31.3 Å². The van der Waals surface area contributed by atoms with E-state index in [1.807, 2.05) is 0 Å². The quantitative estimate of drug-likeness (QED) is 0.867. The van der Waals surface area contributed by atoms with Crippen LogP contribution in [0.3, 0.4) is 0 Å². The minimum absolute atomic E-state index is 0.0527. The van der Waals surface area contributed by atoms with Gasteiger partial charge in [-0.1, -0.05) is 17.7 Å². The molecular formula is C12H14ClFN2O. The summed E-state index contributed by atoms with van der Waals surface area (Å²) in [5, 5.41) is 3.07. The van der Waals surface area contributed by atoms with Gasteiger partial charge in [-0.15, -0.1) is 0 Å². The fourth-order valence-corrected chi connectivity index (χ4v) is 1.98. The predicted octanol–water partition coefficient (Wildman–Crippen LogP) is 2.15. The molecule has 0 aromatic heterocycles. The van der Waals surface area contributed by atoms with Crippen molar-refractivity contribution < 1.29 is 9.18 Å². The van der Waals surface area contributed by atoms with Crippen molar-refractivity contribution in [3.63, 3.8) is 0 Å². The molecular weight excluding hydrogens is 243 g/mol. The number of nitrogens with two attached hydrogens (primary N) is 1. The first-order chi connectivity index (χ1) is 8.08. The third-order valence-electron chi connectivity index (χ3n) is 2.72. The van der Waals surface area contributed by atoms with Crippen molar-refractivity contribution in [2.75, 3.05) is 0 Å². The topological polar surface area (TPSA) is 55.1 Å².